The molecule has 0 radical (unpaired) electrons. The molecular formula is C34H52N4O8S2. The van der Waals surface area contributed by atoms with Gasteiger partial charge in [0, 0.05) is 26.2 Å². The molecule has 0 aliphatic carbocycles. The predicted molar refractivity (Wildman–Crippen MR) is 184 cm³/mol. The third kappa shape index (κ3) is 11.1. The minimum Gasteiger partial charge on any atom is -0.378 e. The molecule has 1 fully saturated rings. The Bertz CT molecular complexity index is 1420. The lowest BCUT2D eigenvalue weighted by Gasteiger charge is -2.32. The van der Waals surface area contributed by atoms with Crippen LogP contribution in [0.1, 0.15) is 51.7 Å². The summed E-state index contributed by atoms with van der Waals surface area (Å²) in [6, 6.07) is 11.0. The van der Waals surface area contributed by atoms with Crippen molar-refractivity contribution in [3.63, 3.8) is 0 Å². The molecule has 0 bridgehead atoms. The monoisotopic (exact) mass is 708 g/mol. The Morgan fingerprint density at radius 1 is 0.625 bits per heavy atom. The standard InChI is InChI=1S/C34H52N4O8S2/c1-7-27(5)31(35-47(41,42)29-13-9-25(3)10-14-29)33(39)37-17-21-45-23-19-38(20-24-46-22-18-37)34(40)32(28(6)8-2)36-48(43,44)30-15-11-26(4)12-16-30/h9-16,27-28,31-32,35-36H,7-8,17-24H2,1-6H3/t27-,28+,31+,32-. The van der Waals surface area contributed by atoms with Gasteiger partial charge in [0.25, 0.3) is 0 Å². The topological polar surface area (TPSA) is 151 Å². The van der Waals surface area contributed by atoms with Crippen molar-refractivity contribution in [2.75, 3.05) is 52.6 Å². The first-order valence-corrected chi connectivity index (χ1v) is 19.6. The van der Waals surface area contributed by atoms with Crippen molar-refractivity contribution in [2.24, 2.45) is 11.8 Å². The van der Waals surface area contributed by atoms with Gasteiger partial charge in [-0.1, -0.05) is 75.9 Å². The molecule has 12 nitrogen and oxygen atoms in total. The van der Waals surface area contributed by atoms with E-state index in [1.807, 2.05) is 41.5 Å². The summed E-state index contributed by atoms with van der Waals surface area (Å²) < 4.78 is 69.9. The van der Waals surface area contributed by atoms with Crippen LogP contribution in [0.2, 0.25) is 0 Å². The van der Waals surface area contributed by atoms with E-state index < -0.39 is 32.1 Å². The Morgan fingerprint density at radius 2 is 0.917 bits per heavy atom. The zero-order chi connectivity index (χ0) is 35.5. The number of nitrogens with zero attached hydrogens (tertiary/aromatic N) is 2. The van der Waals surface area contributed by atoms with Crippen molar-refractivity contribution in [1.29, 1.82) is 0 Å². The SMILES string of the molecule is CC[C@@H](C)[C@H](NS(=O)(=O)c1ccc(C)cc1)C(=O)N1CCOCCN(C(=O)[C@H](NS(=O)(=O)c2ccc(C)cc2)[C@@H](C)CC)CCOCC1. The fourth-order valence-electron chi connectivity index (χ4n) is 5.16. The molecule has 14 heteroatoms. The Kier molecular flexibility index (Phi) is 15.0. The van der Waals surface area contributed by atoms with E-state index in [0.717, 1.165) is 11.1 Å². The third-order valence-electron chi connectivity index (χ3n) is 8.83. The van der Waals surface area contributed by atoms with Crippen LogP contribution in [-0.2, 0) is 39.1 Å². The van der Waals surface area contributed by atoms with E-state index >= 15 is 0 Å². The lowest BCUT2D eigenvalue weighted by atomic mass is 9.99. The van der Waals surface area contributed by atoms with Crippen LogP contribution in [0.5, 0.6) is 0 Å². The van der Waals surface area contributed by atoms with Crippen molar-refractivity contribution in [3.05, 3.63) is 59.7 Å². The zero-order valence-electron chi connectivity index (χ0n) is 29.0. The quantitative estimate of drug-likeness (QED) is 0.342. The first kappa shape index (κ1) is 39.6. The average Bonchev–Trinajstić information content (AvgIpc) is 3.05. The minimum absolute atomic E-state index is 0.0900. The third-order valence-corrected chi connectivity index (χ3v) is 11.7. The summed E-state index contributed by atoms with van der Waals surface area (Å²) in [4.78, 5) is 30.9. The number of nitrogens with one attached hydrogen (secondary N) is 2. The lowest BCUT2D eigenvalue weighted by molar-refractivity contribution is -0.137. The molecule has 0 aromatic heterocycles. The second-order valence-corrected chi connectivity index (χ2v) is 15.9. The summed E-state index contributed by atoms with van der Waals surface area (Å²) in [7, 11) is -7.91. The van der Waals surface area contributed by atoms with E-state index in [2.05, 4.69) is 9.44 Å². The first-order valence-electron chi connectivity index (χ1n) is 16.6. The van der Waals surface area contributed by atoms with Crippen LogP contribution in [0, 0.1) is 25.7 Å². The van der Waals surface area contributed by atoms with E-state index in [1.54, 1.807) is 34.1 Å². The van der Waals surface area contributed by atoms with Crippen LogP contribution in [0.3, 0.4) is 0 Å². The Morgan fingerprint density at radius 3 is 1.19 bits per heavy atom. The van der Waals surface area contributed by atoms with E-state index in [9.17, 15) is 26.4 Å². The number of hydrogen-bond acceptors (Lipinski definition) is 8. The zero-order valence-corrected chi connectivity index (χ0v) is 30.6. The minimum atomic E-state index is -3.95. The highest BCUT2D eigenvalue weighted by Crippen LogP contribution is 2.19. The fraction of sp³-hybridized carbons (Fsp3) is 0.588. The molecule has 2 aromatic rings. The normalized spacial score (nSPS) is 18.2. The number of sulfonamides is 2. The largest absolute Gasteiger partial charge is 0.378 e. The fourth-order valence-corrected chi connectivity index (χ4v) is 7.75. The number of amides is 2. The second kappa shape index (κ2) is 18.2. The first-order chi connectivity index (χ1) is 22.7. The van der Waals surface area contributed by atoms with Gasteiger partial charge >= 0.3 is 0 Å². The number of ether oxygens (including phenoxy) is 2. The molecule has 3 rings (SSSR count). The number of aryl methyl sites for hydroxylation is 2. The van der Waals surface area contributed by atoms with Crippen molar-refractivity contribution in [1.82, 2.24) is 19.2 Å². The van der Waals surface area contributed by atoms with Gasteiger partial charge in [-0.2, -0.15) is 9.44 Å². The van der Waals surface area contributed by atoms with Crippen LogP contribution in [0.4, 0.5) is 0 Å². The molecule has 1 aliphatic heterocycles. The van der Waals surface area contributed by atoms with Crippen molar-refractivity contribution in [2.45, 2.75) is 76.3 Å². The molecule has 1 aliphatic rings. The average molecular weight is 709 g/mol. The Balaban J connectivity index is 1.68. The van der Waals surface area contributed by atoms with Crippen molar-refractivity contribution < 1.29 is 35.9 Å². The molecule has 268 valence electrons. The molecule has 2 amide bonds. The molecule has 0 unspecified atom stereocenters. The van der Waals surface area contributed by atoms with E-state index in [0.29, 0.717) is 12.8 Å². The number of rotatable bonds is 12. The number of carbonyl (C=O) groups is 2. The van der Waals surface area contributed by atoms with Gasteiger partial charge in [0.15, 0.2) is 0 Å². The van der Waals surface area contributed by atoms with Crippen LogP contribution < -0.4 is 9.44 Å². The van der Waals surface area contributed by atoms with Gasteiger partial charge in [0.1, 0.15) is 12.1 Å². The molecule has 4 atom stereocenters. The molecule has 1 saturated heterocycles. The molecule has 2 aromatic carbocycles. The molecule has 2 N–H and O–H groups in total. The van der Waals surface area contributed by atoms with Gasteiger partial charge in [-0.15, -0.1) is 0 Å². The van der Waals surface area contributed by atoms with E-state index in [1.165, 1.54) is 24.3 Å². The molecule has 1 heterocycles. The maximum Gasteiger partial charge on any atom is 0.241 e. The van der Waals surface area contributed by atoms with Crippen LogP contribution in [0.15, 0.2) is 58.3 Å². The van der Waals surface area contributed by atoms with Gasteiger partial charge in [0.05, 0.1) is 36.2 Å². The van der Waals surface area contributed by atoms with Gasteiger partial charge in [0.2, 0.25) is 31.9 Å². The number of benzene rings is 2. The van der Waals surface area contributed by atoms with Gasteiger partial charge in [-0.25, -0.2) is 16.8 Å². The Labute approximate surface area is 286 Å². The van der Waals surface area contributed by atoms with Crippen LogP contribution in [-0.4, -0.2) is 103 Å². The maximum atomic E-state index is 13.8. The van der Waals surface area contributed by atoms with Crippen LogP contribution in [0.25, 0.3) is 0 Å². The highest BCUT2D eigenvalue weighted by Gasteiger charge is 2.34. The van der Waals surface area contributed by atoms with Crippen LogP contribution >= 0.6 is 0 Å². The van der Waals surface area contributed by atoms with E-state index in [4.69, 9.17) is 9.47 Å². The summed E-state index contributed by atoms with van der Waals surface area (Å²) in [5, 5.41) is 0. The smallest absolute Gasteiger partial charge is 0.241 e. The van der Waals surface area contributed by atoms with Gasteiger partial charge < -0.3 is 19.3 Å². The van der Waals surface area contributed by atoms with Gasteiger partial charge in [-0.05, 0) is 49.9 Å². The molecule has 0 saturated carbocycles. The summed E-state index contributed by atoms with van der Waals surface area (Å²) in [6.45, 7) is 12.6. The van der Waals surface area contributed by atoms with Crippen molar-refractivity contribution >= 4 is 31.9 Å². The highest BCUT2D eigenvalue weighted by molar-refractivity contribution is 7.89. The second-order valence-electron chi connectivity index (χ2n) is 12.5. The highest BCUT2D eigenvalue weighted by atomic mass is 32.2. The summed E-state index contributed by atoms with van der Waals surface area (Å²) >= 11 is 0. The molecule has 0 spiro atoms. The van der Waals surface area contributed by atoms with E-state index in [-0.39, 0.29) is 86.0 Å². The molecular weight excluding hydrogens is 657 g/mol. The summed E-state index contributed by atoms with van der Waals surface area (Å²) in [5.41, 5.74) is 1.85. The Hall–Kier alpha value is -2.88. The summed E-state index contributed by atoms with van der Waals surface area (Å²) in [6.07, 6.45) is 1.16. The van der Waals surface area contributed by atoms with Crippen molar-refractivity contribution in [3.8, 4) is 0 Å². The number of hydrogen-bond donors (Lipinski definition) is 2. The maximum absolute atomic E-state index is 13.8. The van der Waals surface area contributed by atoms with Gasteiger partial charge in [-0.3, -0.25) is 9.59 Å². The number of carbonyl (C=O) groups excluding carboxylic acids is 2. The summed E-state index contributed by atoms with van der Waals surface area (Å²) in [5.74, 6) is -1.28. The molecule has 48 heavy (non-hydrogen) atoms. The predicted octanol–water partition coefficient (Wildman–Crippen LogP) is 3.09. The lowest BCUT2D eigenvalue weighted by Crippen LogP contribution is -2.54.